The molecule has 1 aromatic heterocycles. The molecule has 4 N–H and O–H groups in total. The molecule has 2 aromatic rings. The number of hydrogen-bond donors (Lipinski definition) is 3. The van der Waals surface area contributed by atoms with Crippen molar-refractivity contribution in [1.29, 1.82) is 0 Å². The quantitative estimate of drug-likeness (QED) is 0.454. The predicted molar refractivity (Wildman–Crippen MR) is 123 cm³/mol. The number of amides is 3. The molecule has 1 atom stereocenters. The summed E-state index contributed by atoms with van der Waals surface area (Å²) in [4.78, 5) is 23.7. The number of aromatic nitrogens is 3. The van der Waals surface area contributed by atoms with Crippen LogP contribution in [0.15, 0.2) is 29.4 Å². The van der Waals surface area contributed by atoms with E-state index in [-0.39, 0.29) is 18.5 Å². The molecule has 3 rings (SSSR count). The van der Waals surface area contributed by atoms with Crippen LogP contribution in [-0.4, -0.2) is 32.0 Å². The highest BCUT2D eigenvalue weighted by Crippen LogP contribution is 2.36. The third-order valence-corrected chi connectivity index (χ3v) is 7.16. The fourth-order valence-electron chi connectivity index (χ4n) is 4.00. The van der Waals surface area contributed by atoms with Crippen molar-refractivity contribution in [1.82, 2.24) is 20.1 Å². The van der Waals surface area contributed by atoms with Crippen LogP contribution in [0, 0.1) is 5.92 Å². The van der Waals surface area contributed by atoms with Crippen molar-refractivity contribution in [3.05, 3.63) is 35.7 Å². The molecule has 0 aliphatic heterocycles. The van der Waals surface area contributed by atoms with Gasteiger partial charge in [-0.15, -0.1) is 10.2 Å². The lowest BCUT2D eigenvalue weighted by atomic mass is 9.95. The number of alkyl halides is 3. The topological polar surface area (TPSA) is 115 Å². The van der Waals surface area contributed by atoms with Crippen LogP contribution in [0.5, 0.6) is 0 Å². The Morgan fingerprint density at radius 2 is 1.91 bits per heavy atom. The van der Waals surface area contributed by atoms with Crippen molar-refractivity contribution in [3.63, 3.8) is 0 Å². The molecule has 1 heterocycles. The number of primary amides is 1. The van der Waals surface area contributed by atoms with Crippen LogP contribution < -0.4 is 16.4 Å². The monoisotopic (exact) mass is 498 g/mol. The second-order valence-corrected chi connectivity index (χ2v) is 9.74. The molecular formula is C22H29F3N6O2S. The zero-order valence-corrected chi connectivity index (χ0v) is 19.9. The number of carbonyl (C=O) groups is 2. The average Bonchev–Trinajstić information content (AvgIpc) is 3.18. The number of nitrogens with two attached hydrogens (primary N) is 1. The van der Waals surface area contributed by atoms with Crippen molar-refractivity contribution < 1.29 is 22.8 Å². The summed E-state index contributed by atoms with van der Waals surface area (Å²) in [5.41, 5.74) is 4.70. The summed E-state index contributed by atoms with van der Waals surface area (Å²) in [6.07, 6.45) is 0.631. The van der Waals surface area contributed by atoms with Gasteiger partial charge in [-0.05, 0) is 37.0 Å². The van der Waals surface area contributed by atoms with E-state index in [4.69, 9.17) is 5.73 Å². The van der Waals surface area contributed by atoms with E-state index in [0.29, 0.717) is 16.7 Å². The van der Waals surface area contributed by atoms with Gasteiger partial charge >= 0.3 is 12.2 Å². The van der Waals surface area contributed by atoms with E-state index in [1.165, 1.54) is 17.8 Å². The first-order valence-electron chi connectivity index (χ1n) is 11.2. The summed E-state index contributed by atoms with van der Waals surface area (Å²) in [6, 6.07) is 4.19. The Morgan fingerprint density at radius 1 is 1.21 bits per heavy atom. The van der Waals surface area contributed by atoms with Crippen LogP contribution in [0.1, 0.15) is 63.4 Å². The number of imide groups is 1. The Morgan fingerprint density at radius 3 is 2.53 bits per heavy atom. The third kappa shape index (κ3) is 6.64. The molecule has 34 heavy (non-hydrogen) atoms. The normalized spacial score (nSPS) is 15.8. The maximum absolute atomic E-state index is 13.1. The first-order chi connectivity index (χ1) is 16.1. The molecule has 8 nitrogen and oxygen atoms in total. The number of benzene rings is 1. The fraction of sp³-hybridized carbons (Fsp3) is 0.545. The number of urea groups is 1. The van der Waals surface area contributed by atoms with Gasteiger partial charge in [0.1, 0.15) is 0 Å². The molecule has 0 saturated heterocycles. The average molecular weight is 499 g/mol. The molecule has 1 saturated carbocycles. The molecule has 186 valence electrons. The summed E-state index contributed by atoms with van der Waals surface area (Å²) in [5, 5.41) is 13.7. The Hall–Kier alpha value is -2.76. The third-order valence-electron chi connectivity index (χ3n) is 5.66. The molecule has 0 radical (unpaired) electrons. The predicted octanol–water partition coefficient (Wildman–Crippen LogP) is 4.73. The van der Waals surface area contributed by atoms with Gasteiger partial charge in [0, 0.05) is 11.7 Å². The second kappa shape index (κ2) is 11.1. The Labute approximate surface area is 200 Å². The maximum atomic E-state index is 13.1. The van der Waals surface area contributed by atoms with Gasteiger partial charge in [-0.3, -0.25) is 10.1 Å². The smallest absolute Gasteiger partial charge is 0.378 e. The molecule has 3 amide bonds. The molecule has 1 aromatic carbocycles. The minimum absolute atomic E-state index is 0.118. The lowest BCUT2D eigenvalue weighted by molar-refractivity contribution is -0.137. The van der Waals surface area contributed by atoms with E-state index in [9.17, 15) is 22.8 Å². The van der Waals surface area contributed by atoms with Gasteiger partial charge in [0.2, 0.25) is 5.91 Å². The summed E-state index contributed by atoms with van der Waals surface area (Å²) in [7, 11) is 0. The highest BCUT2D eigenvalue weighted by atomic mass is 32.2. The molecule has 1 fully saturated rings. The number of rotatable bonds is 8. The van der Waals surface area contributed by atoms with Crippen LogP contribution in [0.3, 0.4) is 0 Å². The highest BCUT2D eigenvalue weighted by molar-refractivity contribution is 8.00. The number of halogens is 3. The van der Waals surface area contributed by atoms with E-state index < -0.39 is 28.9 Å². The van der Waals surface area contributed by atoms with Gasteiger partial charge in [0.25, 0.3) is 0 Å². The minimum Gasteiger partial charge on any atom is -0.378 e. The largest absolute Gasteiger partial charge is 0.416 e. The van der Waals surface area contributed by atoms with Crippen molar-refractivity contribution in [2.75, 3.05) is 5.32 Å². The molecule has 12 heteroatoms. The summed E-state index contributed by atoms with van der Waals surface area (Å²) < 4.78 is 41.1. The molecule has 0 spiro atoms. The lowest BCUT2D eigenvalue weighted by Gasteiger charge is -2.27. The van der Waals surface area contributed by atoms with E-state index in [1.54, 1.807) is 6.07 Å². The maximum Gasteiger partial charge on any atom is 0.416 e. The number of thioether (sulfide) groups is 1. The highest BCUT2D eigenvalue weighted by Gasteiger charge is 2.31. The van der Waals surface area contributed by atoms with Crippen LogP contribution in [0.25, 0.3) is 0 Å². The van der Waals surface area contributed by atoms with Crippen LogP contribution in [0.4, 0.5) is 23.7 Å². The van der Waals surface area contributed by atoms with Gasteiger partial charge in [-0.2, -0.15) is 13.2 Å². The molecule has 0 bridgehead atoms. The standard InChI is InChI=1S/C22H29F3N6O2S/c1-13(2)18(19(32)28-20(26)33)34-21-30-29-17(31(21)16-9-4-3-5-10-16)12-27-15-8-6-7-14(11-15)22(23,24)25/h6-8,11,13,16,18,27H,3-5,9-10,12H2,1-2H3,(H3,26,28,32,33)/t18-/m1/s1. The van der Waals surface area contributed by atoms with Crippen LogP contribution in [0.2, 0.25) is 0 Å². The van der Waals surface area contributed by atoms with E-state index in [1.807, 2.05) is 18.4 Å². The lowest BCUT2D eigenvalue weighted by Crippen LogP contribution is -2.42. The number of hydrogen-bond acceptors (Lipinski definition) is 6. The van der Waals surface area contributed by atoms with Crippen molar-refractivity contribution in [2.45, 2.75) is 75.1 Å². The zero-order valence-electron chi connectivity index (χ0n) is 19.1. The van der Waals surface area contributed by atoms with Crippen LogP contribution in [-0.2, 0) is 17.5 Å². The minimum atomic E-state index is -4.43. The van der Waals surface area contributed by atoms with Crippen LogP contribution >= 0.6 is 11.8 Å². The second-order valence-electron chi connectivity index (χ2n) is 8.63. The molecule has 0 unspecified atom stereocenters. The van der Waals surface area contributed by atoms with Gasteiger partial charge in [-0.25, -0.2) is 4.79 Å². The number of carbonyl (C=O) groups excluding carboxylic acids is 2. The molecular weight excluding hydrogens is 469 g/mol. The van der Waals surface area contributed by atoms with E-state index in [0.717, 1.165) is 44.2 Å². The Balaban J connectivity index is 1.85. The summed E-state index contributed by atoms with van der Waals surface area (Å²) in [6.45, 7) is 3.89. The fourth-order valence-corrected chi connectivity index (χ4v) is 5.12. The van der Waals surface area contributed by atoms with Gasteiger partial charge in [0.05, 0.1) is 17.4 Å². The zero-order chi connectivity index (χ0) is 24.9. The number of nitrogens with one attached hydrogen (secondary N) is 2. The summed E-state index contributed by atoms with van der Waals surface area (Å²) >= 11 is 1.21. The van der Waals surface area contributed by atoms with Crippen molar-refractivity contribution in [2.24, 2.45) is 11.7 Å². The Kier molecular flexibility index (Phi) is 8.45. The van der Waals surface area contributed by atoms with Gasteiger partial charge in [-0.1, -0.05) is 50.9 Å². The first-order valence-corrected chi connectivity index (χ1v) is 12.1. The van der Waals surface area contributed by atoms with E-state index in [2.05, 4.69) is 20.8 Å². The molecule has 1 aliphatic carbocycles. The molecule has 1 aliphatic rings. The SMILES string of the molecule is CC(C)[C@@H](Sc1nnc(CNc2cccc(C(F)(F)F)c2)n1C1CCCCC1)C(=O)NC(N)=O. The Bertz CT molecular complexity index is 1000. The van der Waals surface area contributed by atoms with Gasteiger partial charge in [0.15, 0.2) is 11.0 Å². The summed E-state index contributed by atoms with van der Waals surface area (Å²) in [5.74, 6) is -0.0495. The number of nitrogens with zero attached hydrogens (tertiary/aromatic N) is 3. The van der Waals surface area contributed by atoms with Gasteiger partial charge < -0.3 is 15.6 Å². The first kappa shape index (κ1) is 25.9. The van der Waals surface area contributed by atoms with Crippen molar-refractivity contribution in [3.8, 4) is 0 Å². The van der Waals surface area contributed by atoms with Crippen molar-refractivity contribution >= 4 is 29.4 Å². The van der Waals surface area contributed by atoms with E-state index >= 15 is 0 Å². The number of anilines is 1.